The minimum absolute atomic E-state index is 0. The highest BCUT2D eigenvalue weighted by Crippen LogP contribution is 2.60. The minimum Gasteiger partial charge on any atom is -0.497 e. The Morgan fingerprint density at radius 2 is 1.10 bits per heavy atom. The summed E-state index contributed by atoms with van der Waals surface area (Å²) in [5.74, 6) is 3.40. The molecular formula is C48H57Cl3N4O4. The maximum Gasteiger partial charge on any atom is 0.226 e. The Morgan fingerprint density at radius 3 is 1.47 bits per heavy atom. The predicted octanol–water partition coefficient (Wildman–Crippen LogP) is 11.3. The van der Waals surface area contributed by atoms with Crippen molar-refractivity contribution in [3.63, 3.8) is 0 Å². The lowest BCUT2D eigenvalue weighted by molar-refractivity contribution is -0.130. The first kappa shape index (κ1) is 43.2. The molecule has 0 bridgehead atoms. The van der Waals surface area contributed by atoms with Gasteiger partial charge in [0, 0.05) is 69.6 Å². The highest BCUT2D eigenvalue weighted by Gasteiger charge is 2.59. The number of hydrogen-bond donors (Lipinski definition) is 2. The van der Waals surface area contributed by atoms with Crippen LogP contribution in [0.3, 0.4) is 0 Å². The molecule has 2 aromatic heterocycles. The first-order valence-electron chi connectivity index (χ1n) is 20.6. The Bertz CT molecular complexity index is 2180. The number of methoxy groups -OCH3 is 2. The van der Waals surface area contributed by atoms with Crippen LogP contribution in [0.5, 0.6) is 11.5 Å². The molecule has 3 aliphatic carbocycles. The number of amides is 2. The molecule has 2 saturated heterocycles. The smallest absolute Gasteiger partial charge is 0.226 e. The van der Waals surface area contributed by atoms with E-state index in [-0.39, 0.29) is 72.2 Å². The van der Waals surface area contributed by atoms with Crippen molar-refractivity contribution in [3.05, 3.63) is 116 Å². The molecule has 0 spiro atoms. The second-order valence-corrected chi connectivity index (χ2v) is 19.0. The van der Waals surface area contributed by atoms with Crippen LogP contribution in [0.2, 0.25) is 15.1 Å². The Kier molecular flexibility index (Phi) is 12.4. The van der Waals surface area contributed by atoms with Gasteiger partial charge in [0.2, 0.25) is 11.8 Å². The molecule has 5 aliphatic rings. The third-order valence-electron chi connectivity index (χ3n) is 14.4. The van der Waals surface area contributed by atoms with E-state index in [1.807, 2.05) is 42.5 Å². The van der Waals surface area contributed by atoms with E-state index in [1.54, 1.807) is 20.4 Å². The number of aromatic nitrogens is 2. The SMILES string of the molecule is C.COc1ccc([C@@H]2CC[C@@]3(C)C(=O)N[C@H](C)[C@H]3[C@H]2c2ccc(C3CC3)cn2)c(Cl)c1.COc1ccc([C@@H]2CC[C@@]3(C)C(=O)N[C@H](C)[C@H]3[C@H]2c2ccc(Cl)cn2)c(Cl)c1. The number of halogens is 3. The first-order chi connectivity index (χ1) is 27.8. The summed E-state index contributed by atoms with van der Waals surface area (Å²) in [5.41, 5.74) is 4.82. The Hall–Kier alpha value is -3.85. The fourth-order valence-electron chi connectivity index (χ4n) is 11.3. The lowest BCUT2D eigenvalue weighted by Crippen LogP contribution is -2.42. The van der Waals surface area contributed by atoms with Crippen molar-refractivity contribution < 1.29 is 19.1 Å². The van der Waals surface area contributed by atoms with Crippen molar-refractivity contribution in [2.75, 3.05) is 14.2 Å². The van der Waals surface area contributed by atoms with Gasteiger partial charge >= 0.3 is 0 Å². The van der Waals surface area contributed by atoms with Crippen LogP contribution in [-0.2, 0) is 9.59 Å². The van der Waals surface area contributed by atoms with Crippen molar-refractivity contribution in [2.24, 2.45) is 22.7 Å². The van der Waals surface area contributed by atoms with Gasteiger partial charge in [-0.1, -0.05) is 74.3 Å². The Balaban J connectivity index is 0.000000177. The van der Waals surface area contributed by atoms with Gasteiger partial charge in [-0.2, -0.15) is 0 Å². The zero-order chi connectivity index (χ0) is 41.1. The lowest BCUT2D eigenvalue weighted by Gasteiger charge is -2.45. The molecule has 4 heterocycles. The molecular weight excluding hydrogens is 803 g/mol. The van der Waals surface area contributed by atoms with Gasteiger partial charge in [-0.15, -0.1) is 0 Å². The number of benzene rings is 2. The molecule has 8 nitrogen and oxygen atoms in total. The van der Waals surface area contributed by atoms with E-state index in [1.165, 1.54) is 18.4 Å². The highest BCUT2D eigenvalue weighted by atomic mass is 35.5. The molecule has 314 valence electrons. The van der Waals surface area contributed by atoms with Gasteiger partial charge in [0.05, 0.1) is 30.1 Å². The van der Waals surface area contributed by atoms with E-state index in [9.17, 15) is 9.59 Å². The summed E-state index contributed by atoms with van der Waals surface area (Å²) in [4.78, 5) is 35.3. The van der Waals surface area contributed by atoms with Crippen molar-refractivity contribution in [1.29, 1.82) is 0 Å². The van der Waals surface area contributed by atoms with Gasteiger partial charge in [-0.25, -0.2) is 0 Å². The predicted molar refractivity (Wildman–Crippen MR) is 236 cm³/mol. The highest BCUT2D eigenvalue weighted by molar-refractivity contribution is 6.32. The van der Waals surface area contributed by atoms with Gasteiger partial charge < -0.3 is 20.1 Å². The summed E-state index contributed by atoms with van der Waals surface area (Å²) in [6, 6.07) is 20.3. The first-order valence-corrected chi connectivity index (χ1v) is 21.8. The Labute approximate surface area is 364 Å². The monoisotopic (exact) mass is 858 g/mol. The second kappa shape index (κ2) is 16.9. The average Bonchev–Trinajstić information content (AvgIpc) is 4.00. The van der Waals surface area contributed by atoms with Crippen molar-refractivity contribution in [3.8, 4) is 11.5 Å². The van der Waals surface area contributed by atoms with Gasteiger partial charge in [-0.3, -0.25) is 19.6 Å². The third kappa shape index (κ3) is 7.83. The Morgan fingerprint density at radius 1 is 0.644 bits per heavy atom. The van der Waals surface area contributed by atoms with Gasteiger partial charge in [0.1, 0.15) is 11.5 Å². The number of carbonyl (C=O) groups excluding carboxylic acids is 2. The third-order valence-corrected chi connectivity index (χ3v) is 15.3. The summed E-state index contributed by atoms with van der Waals surface area (Å²) < 4.78 is 10.7. The fraction of sp³-hybridized carbons (Fsp3) is 0.500. The largest absolute Gasteiger partial charge is 0.497 e. The summed E-state index contributed by atoms with van der Waals surface area (Å²) in [6.07, 6.45) is 9.74. The zero-order valence-corrected chi connectivity index (χ0v) is 36.3. The fourth-order valence-corrected chi connectivity index (χ4v) is 12.0. The van der Waals surface area contributed by atoms with Gasteiger partial charge in [0.15, 0.2) is 0 Å². The van der Waals surface area contributed by atoms with Crippen molar-refractivity contribution >= 4 is 46.6 Å². The molecule has 5 fully saturated rings. The molecule has 2 N–H and O–H groups in total. The molecule has 0 radical (unpaired) electrons. The van der Waals surface area contributed by atoms with Crippen LogP contribution in [0.25, 0.3) is 0 Å². The number of hydrogen-bond acceptors (Lipinski definition) is 6. The summed E-state index contributed by atoms with van der Waals surface area (Å²) in [6.45, 7) is 8.45. The van der Waals surface area contributed by atoms with Crippen LogP contribution in [0.15, 0.2) is 73.1 Å². The molecule has 10 atom stereocenters. The van der Waals surface area contributed by atoms with Gasteiger partial charge in [-0.05, 0) is 129 Å². The van der Waals surface area contributed by atoms with E-state index in [0.29, 0.717) is 16.0 Å². The molecule has 2 aromatic carbocycles. The van der Waals surface area contributed by atoms with Gasteiger partial charge in [0.25, 0.3) is 0 Å². The standard InChI is InChI=1S/C25H29ClN2O2.C22H24Cl2N2O2.CH4/c1-14-23-22(21-9-6-16(13-27-21)15-4-5-15)19(10-11-25(23,2)24(29)28-14)18-8-7-17(30-3)12-20(18)26;1-12-20-19(18-7-4-13(23)11-25-18)16(8-9-22(20,2)21(27)26-12)15-6-5-14(28-3)10-17(15)24;/h6-9,12-15,19,22-23H,4-5,10-11H2,1-3H3,(H,28,29);4-7,10-12,16,19-20H,8-9H2,1-3H3,(H,26,27);1H4/t14-,19+,22-,23+,25-;12-,16+,19-,20+,22-;/m11./s1. The number of rotatable bonds is 7. The molecule has 4 aromatic rings. The van der Waals surface area contributed by atoms with E-state index >= 15 is 0 Å². The molecule has 3 saturated carbocycles. The second-order valence-electron chi connectivity index (χ2n) is 17.7. The van der Waals surface area contributed by atoms with E-state index in [0.717, 1.165) is 64.7 Å². The molecule has 0 unspecified atom stereocenters. The molecule has 11 heteroatoms. The number of pyridine rings is 2. The summed E-state index contributed by atoms with van der Waals surface area (Å²) in [7, 11) is 3.29. The van der Waals surface area contributed by atoms with Crippen LogP contribution in [0.4, 0.5) is 0 Å². The van der Waals surface area contributed by atoms with Crippen LogP contribution in [-0.4, -0.2) is 48.1 Å². The normalized spacial score (nSPS) is 32.0. The van der Waals surface area contributed by atoms with Crippen LogP contribution >= 0.6 is 34.8 Å². The van der Waals surface area contributed by atoms with Crippen LogP contribution in [0, 0.1) is 22.7 Å². The minimum atomic E-state index is -0.402. The average molecular weight is 860 g/mol. The van der Waals surface area contributed by atoms with Crippen LogP contribution in [0.1, 0.15) is 131 Å². The number of ether oxygens (including phenoxy) is 2. The van der Waals surface area contributed by atoms with Crippen molar-refractivity contribution in [2.45, 2.75) is 115 Å². The maximum atomic E-state index is 12.9. The number of nitrogens with one attached hydrogen (secondary N) is 2. The topological polar surface area (TPSA) is 102 Å². The van der Waals surface area contributed by atoms with Crippen molar-refractivity contribution in [1.82, 2.24) is 20.6 Å². The molecule has 2 amide bonds. The van der Waals surface area contributed by atoms with E-state index in [4.69, 9.17) is 49.3 Å². The lowest BCUT2D eigenvalue weighted by atomic mass is 9.56. The molecule has 59 heavy (non-hydrogen) atoms. The quantitative estimate of drug-likeness (QED) is 0.192. The number of fused-ring (bicyclic) bond motifs is 2. The molecule has 9 rings (SSSR count). The number of carbonyl (C=O) groups is 2. The molecule has 2 aliphatic heterocycles. The summed E-state index contributed by atoms with van der Waals surface area (Å²) >= 11 is 19.5. The van der Waals surface area contributed by atoms with E-state index < -0.39 is 5.41 Å². The number of nitrogens with zero attached hydrogens (tertiary/aromatic N) is 2. The zero-order valence-electron chi connectivity index (χ0n) is 34.0. The summed E-state index contributed by atoms with van der Waals surface area (Å²) in [5, 5.41) is 8.42. The van der Waals surface area contributed by atoms with Crippen LogP contribution < -0.4 is 20.1 Å². The van der Waals surface area contributed by atoms with E-state index in [2.05, 4.69) is 67.7 Å². The maximum absolute atomic E-state index is 12.9.